The van der Waals surface area contributed by atoms with Gasteiger partial charge >= 0.3 is 0 Å². The third kappa shape index (κ3) is 5.86. The lowest BCUT2D eigenvalue weighted by atomic mass is 10.1. The van der Waals surface area contributed by atoms with Gasteiger partial charge in [-0.2, -0.15) is 5.10 Å². The van der Waals surface area contributed by atoms with Crippen LogP contribution in [0.25, 0.3) is 0 Å². The van der Waals surface area contributed by atoms with Gasteiger partial charge in [-0.05, 0) is 51.5 Å². The maximum atomic E-state index is 11.9. The molecule has 1 aromatic heterocycles. The molecule has 0 radical (unpaired) electrons. The average molecular weight is 414 g/mol. The Balaban J connectivity index is 2.10. The molecule has 1 heterocycles. The first kappa shape index (κ1) is 21.0. The maximum absolute atomic E-state index is 11.9. The van der Waals surface area contributed by atoms with Gasteiger partial charge < -0.3 is 20.2 Å². The molecule has 8 nitrogen and oxygen atoms in total. The zero-order chi connectivity index (χ0) is 20.2. The number of ether oxygens (including phenoxy) is 2. The standard InChI is InChI=1S/C17H24ClN5O3S/c1-10-21-22-16(27)23(10)19-8-11-6-13(25-5)14(7-12(11)18)26-9-15(24)20-17(2,3)4/h6-7,19H,8-9H2,1-5H3,(H,20,24)(H,22,27). The summed E-state index contributed by atoms with van der Waals surface area (Å²) < 4.78 is 13.1. The number of rotatable bonds is 7. The van der Waals surface area contributed by atoms with E-state index < -0.39 is 0 Å². The number of carbonyl (C=O) groups is 1. The van der Waals surface area contributed by atoms with Crippen LogP contribution in [0.1, 0.15) is 32.2 Å². The van der Waals surface area contributed by atoms with Gasteiger partial charge in [0.1, 0.15) is 5.82 Å². The highest BCUT2D eigenvalue weighted by Gasteiger charge is 2.16. The Morgan fingerprint density at radius 3 is 2.63 bits per heavy atom. The van der Waals surface area contributed by atoms with E-state index in [0.717, 1.165) is 5.56 Å². The van der Waals surface area contributed by atoms with Crippen LogP contribution < -0.4 is 20.2 Å². The Morgan fingerprint density at radius 1 is 1.37 bits per heavy atom. The summed E-state index contributed by atoms with van der Waals surface area (Å²) in [5, 5.41) is 10.0. The Bertz CT molecular complexity index is 872. The van der Waals surface area contributed by atoms with Gasteiger partial charge in [0.25, 0.3) is 5.91 Å². The highest BCUT2D eigenvalue weighted by Crippen LogP contribution is 2.33. The molecule has 0 saturated carbocycles. The number of H-pyrrole nitrogens is 1. The van der Waals surface area contributed by atoms with E-state index >= 15 is 0 Å². The van der Waals surface area contributed by atoms with E-state index in [9.17, 15) is 4.79 Å². The van der Waals surface area contributed by atoms with Crippen molar-refractivity contribution in [1.82, 2.24) is 20.2 Å². The molecule has 0 aliphatic carbocycles. The molecule has 2 aromatic rings. The van der Waals surface area contributed by atoms with Crippen molar-refractivity contribution >= 4 is 29.7 Å². The zero-order valence-electron chi connectivity index (χ0n) is 16.0. The number of halogens is 1. The van der Waals surface area contributed by atoms with Crippen LogP contribution in [-0.2, 0) is 11.3 Å². The van der Waals surface area contributed by atoms with Crippen molar-refractivity contribution in [1.29, 1.82) is 0 Å². The second kappa shape index (κ2) is 8.62. The Kier molecular flexibility index (Phi) is 6.72. The second-order valence-electron chi connectivity index (χ2n) is 6.93. The third-order valence-electron chi connectivity index (χ3n) is 3.47. The van der Waals surface area contributed by atoms with E-state index in [2.05, 4.69) is 20.9 Å². The van der Waals surface area contributed by atoms with Crippen LogP contribution in [0.4, 0.5) is 0 Å². The molecule has 10 heteroatoms. The summed E-state index contributed by atoms with van der Waals surface area (Å²) in [5.41, 5.74) is 3.59. The van der Waals surface area contributed by atoms with Gasteiger partial charge in [-0.3, -0.25) is 9.89 Å². The van der Waals surface area contributed by atoms with Crippen LogP contribution in [0.5, 0.6) is 11.5 Å². The van der Waals surface area contributed by atoms with Gasteiger partial charge in [-0.1, -0.05) is 11.6 Å². The molecule has 0 unspecified atom stereocenters. The van der Waals surface area contributed by atoms with Crippen LogP contribution in [0.2, 0.25) is 5.02 Å². The minimum Gasteiger partial charge on any atom is -0.493 e. The van der Waals surface area contributed by atoms with Gasteiger partial charge in [0.2, 0.25) is 4.77 Å². The number of benzene rings is 1. The average Bonchev–Trinajstić information content (AvgIpc) is 2.89. The third-order valence-corrected chi connectivity index (χ3v) is 4.10. The van der Waals surface area contributed by atoms with E-state index in [4.69, 9.17) is 33.3 Å². The van der Waals surface area contributed by atoms with Crippen molar-refractivity contribution < 1.29 is 14.3 Å². The van der Waals surface area contributed by atoms with E-state index in [0.29, 0.717) is 33.7 Å². The van der Waals surface area contributed by atoms with E-state index in [-0.39, 0.29) is 18.1 Å². The molecule has 0 spiro atoms. The number of aryl methyl sites for hydroxylation is 1. The van der Waals surface area contributed by atoms with Crippen LogP contribution in [0.3, 0.4) is 0 Å². The first-order valence-corrected chi connectivity index (χ1v) is 9.07. The first-order chi connectivity index (χ1) is 12.6. The van der Waals surface area contributed by atoms with E-state index in [1.54, 1.807) is 16.8 Å². The molecule has 1 aromatic carbocycles. The first-order valence-electron chi connectivity index (χ1n) is 8.29. The molecule has 1 amide bonds. The molecule has 2 rings (SSSR count). The molecule has 0 aliphatic heterocycles. The summed E-state index contributed by atoms with van der Waals surface area (Å²) in [6, 6.07) is 3.38. The predicted molar refractivity (Wildman–Crippen MR) is 107 cm³/mol. The van der Waals surface area contributed by atoms with E-state index in [1.165, 1.54) is 7.11 Å². The quantitative estimate of drug-likeness (QED) is 0.604. The van der Waals surface area contributed by atoms with Crippen molar-refractivity contribution in [3.63, 3.8) is 0 Å². The Labute approximate surface area is 168 Å². The van der Waals surface area contributed by atoms with Crippen molar-refractivity contribution in [3.8, 4) is 11.5 Å². The molecular formula is C17H24ClN5O3S. The second-order valence-corrected chi connectivity index (χ2v) is 7.72. The topological polar surface area (TPSA) is 93.2 Å². The molecule has 0 atom stereocenters. The largest absolute Gasteiger partial charge is 0.493 e. The summed E-state index contributed by atoms with van der Waals surface area (Å²) in [7, 11) is 1.53. The van der Waals surface area contributed by atoms with Gasteiger partial charge in [-0.25, -0.2) is 4.68 Å². The maximum Gasteiger partial charge on any atom is 0.258 e. The highest BCUT2D eigenvalue weighted by molar-refractivity contribution is 7.71. The fourth-order valence-corrected chi connectivity index (χ4v) is 2.77. The molecule has 148 valence electrons. The highest BCUT2D eigenvalue weighted by atomic mass is 35.5. The molecule has 0 saturated heterocycles. The van der Waals surface area contributed by atoms with Crippen molar-refractivity contribution in [2.24, 2.45) is 0 Å². The number of nitrogens with one attached hydrogen (secondary N) is 3. The number of hydrogen-bond donors (Lipinski definition) is 3. The molecule has 0 aliphatic rings. The number of aromatic nitrogens is 3. The lowest BCUT2D eigenvalue weighted by molar-refractivity contribution is -0.124. The van der Waals surface area contributed by atoms with Gasteiger partial charge in [-0.15, -0.1) is 0 Å². The zero-order valence-corrected chi connectivity index (χ0v) is 17.5. The molecular weight excluding hydrogens is 390 g/mol. The van der Waals surface area contributed by atoms with Crippen LogP contribution in [0.15, 0.2) is 12.1 Å². The molecule has 3 N–H and O–H groups in total. The number of hydrogen-bond acceptors (Lipinski definition) is 6. The van der Waals surface area contributed by atoms with Gasteiger partial charge in [0, 0.05) is 16.6 Å². The summed E-state index contributed by atoms with van der Waals surface area (Å²) in [6.45, 7) is 7.79. The van der Waals surface area contributed by atoms with Crippen LogP contribution in [0, 0.1) is 11.7 Å². The summed E-state index contributed by atoms with van der Waals surface area (Å²) in [6.07, 6.45) is 0. The number of nitrogens with zero attached hydrogens (tertiary/aromatic N) is 2. The van der Waals surface area contributed by atoms with E-state index in [1.807, 2.05) is 27.7 Å². The summed E-state index contributed by atoms with van der Waals surface area (Å²) in [5.74, 6) is 1.35. The van der Waals surface area contributed by atoms with Crippen molar-refractivity contribution in [3.05, 3.63) is 33.3 Å². The Morgan fingerprint density at radius 2 is 2.07 bits per heavy atom. The minimum atomic E-state index is -0.329. The predicted octanol–water partition coefficient (Wildman–Crippen LogP) is 2.95. The fraction of sp³-hybridized carbons (Fsp3) is 0.471. The molecule has 0 bridgehead atoms. The minimum absolute atomic E-state index is 0.134. The molecule has 0 fully saturated rings. The molecule has 27 heavy (non-hydrogen) atoms. The van der Waals surface area contributed by atoms with Crippen LogP contribution in [-0.4, -0.2) is 40.0 Å². The number of aromatic amines is 1. The van der Waals surface area contributed by atoms with Gasteiger partial charge in [0.15, 0.2) is 18.1 Å². The normalized spacial score (nSPS) is 11.2. The smallest absolute Gasteiger partial charge is 0.258 e. The summed E-state index contributed by atoms with van der Waals surface area (Å²) in [4.78, 5) is 11.9. The number of methoxy groups -OCH3 is 1. The van der Waals surface area contributed by atoms with Gasteiger partial charge in [0.05, 0.1) is 13.7 Å². The monoisotopic (exact) mass is 413 g/mol. The van der Waals surface area contributed by atoms with Crippen LogP contribution >= 0.6 is 23.8 Å². The number of carbonyl (C=O) groups excluding carboxylic acids is 1. The van der Waals surface area contributed by atoms with Crippen molar-refractivity contribution in [2.75, 3.05) is 19.1 Å². The fourth-order valence-electron chi connectivity index (χ4n) is 2.31. The van der Waals surface area contributed by atoms with Crippen molar-refractivity contribution in [2.45, 2.75) is 39.8 Å². The Hall–Kier alpha value is -2.26. The summed E-state index contributed by atoms with van der Waals surface area (Å²) >= 11 is 11.5. The SMILES string of the molecule is COc1cc(CNn2c(C)n[nH]c2=S)c(Cl)cc1OCC(=O)NC(C)(C)C. The number of amides is 1. The lowest BCUT2D eigenvalue weighted by Crippen LogP contribution is -2.43. The lowest BCUT2D eigenvalue weighted by Gasteiger charge is -2.21.